The van der Waals surface area contributed by atoms with E-state index in [9.17, 15) is 0 Å². The van der Waals surface area contributed by atoms with Crippen LogP contribution in [-0.2, 0) is 6.54 Å². The summed E-state index contributed by atoms with van der Waals surface area (Å²) in [6.07, 6.45) is 8.43. The number of methoxy groups -OCH3 is 2. The van der Waals surface area contributed by atoms with E-state index < -0.39 is 0 Å². The third-order valence-corrected chi connectivity index (χ3v) is 7.51. The lowest BCUT2D eigenvalue weighted by molar-refractivity contribution is 0.354. The largest absolute Gasteiger partial charge is 0.493 e. The molecule has 1 aromatic carbocycles. The van der Waals surface area contributed by atoms with E-state index in [0.717, 1.165) is 39.6 Å². The number of nitrogens with zero attached hydrogens (tertiary/aromatic N) is 4. The van der Waals surface area contributed by atoms with E-state index in [1.807, 2.05) is 35.9 Å². The van der Waals surface area contributed by atoms with Crippen LogP contribution in [0.4, 0.5) is 5.82 Å². The molecule has 0 spiro atoms. The number of aryl methyl sites for hydroxylation is 1. The minimum absolute atomic E-state index is 0.585. The monoisotopic (exact) mass is 445 g/mol. The van der Waals surface area contributed by atoms with Crippen molar-refractivity contribution < 1.29 is 9.47 Å². The third-order valence-electron chi connectivity index (χ3n) is 6.32. The smallest absolute Gasteiger partial charge is 0.238 e. The second kappa shape index (κ2) is 7.34. The first kappa shape index (κ1) is 19.3. The summed E-state index contributed by atoms with van der Waals surface area (Å²) in [4.78, 5) is 16.7. The molecule has 0 fully saturated rings. The van der Waals surface area contributed by atoms with Gasteiger partial charge >= 0.3 is 0 Å². The second-order valence-corrected chi connectivity index (χ2v) is 9.10. The molecule has 162 valence electrons. The zero-order valence-corrected chi connectivity index (χ0v) is 19.0. The lowest BCUT2D eigenvalue weighted by Crippen LogP contribution is -2.11. The summed E-state index contributed by atoms with van der Waals surface area (Å²) in [6, 6.07) is 5.96. The van der Waals surface area contributed by atoms with Crippen LogP contribution in [0.3, 0.4) is 0 Å². The van der Waals surface area contributed by atoms with Crippen LogP contribution in [0.15, 0.2) is 36.7 Å². The van der Waals surface area contributed by atoms with Gasteiger partial charge in [0.1, 0.15) is 16.5 Å². The number of thiophene rings is 1. The van der Waals surface area contributed by atoms with Crippen LogP contribution >= 0.6 is 11.3 Å². The summed E-state index contributed by atoms with van der Waals surface area (Å²) in [7, 11) is 3.30. The van der Waals surface area contributed by atoms with Crippen molar-refractivity contribution in [1.29, 1.82) is 0 Å². The highest BCUT2D eigenvalue weighted by atomic mass is 32.1. The number of hydrogen-bond acceptors (Lipinski definition) is 7. The Morgan fingerprint density at radius 2 is 2.06 bits per heavy atom. The van der Waals surface area contributed by atoms with Gasteiger partial charge in [0.15, 0.2) is 11.5 Å². The summed E-state index contributed by atoms with van der Waals surface area (Å²) in [5.41, 5.74) is 3.90. The van der Waals surface area contributed by atoms with Crippen molar-refractivity contribution >= 4 is 32.9 Å². The molecular weight excluding hydrogens is 422 g/mol. The molecule has 2 aliphatic carbocycles. The molecule has 7 nitrogen and oxygen atoms in total. The van der Waals surface area contributed by atoms with Crippen molar-refractivity contribution in [2.45, 2.75) is 32.2 Å². The molecule has 0 bridgehead atoms. The SMILES string of the molecule is COc1ccc(CNc2nc(-n3ccnc3C)nc3sc4c(c23)C2=CCCC24)cc1OC. The predicted molar refractivity (Wildman–Crippen MR) is 126 cm³/mol. The topological polar surface area (TPSA) is 74.1 Å². The van der Waals surface area contributed by atoms with Crippen molar-refractivity contribution in [1.82, 2.24) is 19.5 Å². The van der Waals surface area contributed by atoms with Gasteiger partial charge in [-0.05, 0) is 43.0 Å². The van der Waals surface area contributed by atoms with E-state index in [2.05, 4.69) is 16.4 Å². The fourth-order valence-corrected chi connectivity index (χ4v) is 6.06. The van der Waals surface area contributed by atoms with Gasteiger partial charge in [0.2, 0.25) is 5.95 Å². The zero-order valence-electron chi connectivity index (χ0n) is 18.2. The van der Waals surface area contributed by atoms with Gasteiger partial charge in [-0.3, -0.25) is 4.57 Å². The Hall–Kier alpha value is -3.39. The standard InChI is InChI=1S/C24H23N5O2S/c1-13-25-9-10-29(13)24-27-22(26-12-14-7-8-17(30-2)18(11-14)31-3)20-19-15-5-4-6-16(15)21(19)32-23(20)28-24/h5,7-11,16H,4,6,12H2,1-3H3,(H,26,27,28). The quantitative estimate of drug-likeness (QED) is 0.446. The molecule has 0 saturated heterocycles. The zero-order chi connectivity index (χ0) is 21.8. The molecule has 0 amide bonds. The van der Waals surface area contributed by atoms with Gasteiger partial charge in [-0.15, -0.1) is 11.3 Å². The van der Waals surface area contributed by atoms with Crippen LogP contribution in [0.25, 0.3) is 21.7 Å². The molecule has 2 aliphatic rings. The van der Waals surface area contributed by atoms with Gasteiger partial charge < -0.3 is 14.8 Å². The Kier molecular flexibility index (Phi) is 4.43. The van der Waals surface area contributed by atoms with Gasteiger partial charge in [0.05, 0.1) is 19.6 Å². The van der Waals surface area contributed by atoms with E-state index in [0.29, 0.717) is 24.2 Å². The number of nitrogens with one attached hydrogen (secondary N) is 1. The predicted octanol–water partition coefficient (Wildman–Crippen LogP) is 5.09. The Morgan fingerprint density at radius 1 is 1.19 bits per heavy atom. The highest BCUT2D eigenvalue weighted by molar-refractivity contribution is 7.19. The van der Waals surface area contributed by atoms with Crippen LogP contribution in [-0.4, -0.2) is 33.7 Å². The average Bonchev–Trinajstić information content (AvgIpc) is 3.50. The first-order chi connectivity index (χ1) is 15.7. The fraction of sp³-hybridized carbons (Fsp3) is 0.292. The molecule has 3 heterocycles. The number of ether oxygens (including phenoxy) is 2. The maximum atomic E-state index is 5.46. The van der Waals surface area contributed by atoms with Crippen LogP contribution in [0, 0.1) is 6.92 Å². The highest BCUT2D eigenvalue weighted by Gasteiger charge is 2.39. The van der Waals surface area contributed by atoms with Crippen molar-refractivity contribution in [3.63, 3.8) is 0 Å². The minimum Gasteiger partial charge on any atom is -0.493 e. The van der Waals surface area contributed by atoms with Gasteiger partial charge in [0, 0.05) is 35.3 Å². The van der Waals surface area contributed by atoms with E-state index in [1.54, 1.807) is 31.8 Å². The Balaban J connectivity index is 1.43. The average molecular weight is 446 g/mol. The Labute approximate surface area is 189 Å². The molecule has 1 N–H and O–H groups in total. The lowest BCUT2D eigenvalue weighted by Gasteiger charge is -2.26. The van der Waals surface area contributed by atoms with Gasteiger partial charge in [-0.2, -0.15) is 4.98 Å². The van der Waals surface area contributed by atoms with Crippen molar-refractivity contribution in [3.05, 3.63) is 58.5 Å². The van der Waals surface area contributed by atoms with Crippen LogP contribution < -0.4 is 14.8 Å². The summed E-state index contributed by atoms with van der Waals surface area (Å²) in [5, 5.41) is 4.72. The number of benzene rings is 1. The van der Waals surface area contributed by atoms with E-state index >= 15 is 0 Å². The van der Waals surface area contributed by atoms with Gasteiger partial charge in [-0.1, -0.05) is 12.1 Å². The molecule has 6 rings (SSSR count). The van der Waals surface area contributed by atoms with Gasteiger partial charge in [0.25, 0.3) is 0 Å². The van der Waals surface area contributed by atoms with E-state index in [-0.39, 0.29) is 0 Å². The molecule has 0 aliphatic heterocycles. The number of hydrogen-bond donors (Lipinski definition) is 1. The maximum absolute atomic E-state index is 5.46. The van der Waals surface area contributed by atoms with Crippen molar-refractivity contribution in [2.75, 3.05) is 19.5 Å². The van der Waals surface area contributed by atoms with Crippen LogP contribution in [0.5, 0.6) is 11.5 Å². The molecule has 1 atom stereocenters. The number of anilines is 1. The molecular formula is C24H23N5O2S. The third kappa shape index (κ3) is 2.82. The first-order valence-electron chi connectivity index (χ1n) is 10.7. The highest BCUT2D eigenvalue weighted by Crippen LogP contribution is 2.59. The number of allylic oxidation sites excluding steroid dienone is 2. The fourth-order valence-electron chi connectivity index (χ4n) is 4.71. The molecule has 1 unspecified atom stereocenters. The Morgan fingerprint density at radius 3 is 2.84 bits per heavy atom. The number of rotatable bonds is 6. The van der Waals surface area contributed by atoms with E-state index in [4.69, 9.17) is 19.4 Å². The number of aromatic nitrogens is 4. The summed E-state index contributed by atoms with van der Waals surface area (Å²) < 4.78 is 12.8. The molecule has 0 radical (unpaired) electrons. The lowest BCUT2D eigenvalue weighted by atomic mass is 9.80. The molecule has 32 heavy (non-hydrogen) atoms. The minimum atomic E-state index is 0.585. The Bertz CT molecular complexity index is 1390. The number of fused-ring (bicyclic) bond motifs is 6. The maximum Gasteiger partial charge on any atom is 0.238 e. The summed E-state index contributed by atoms with van der Waals surface area (Å²) in [5.74, 6) is 4.38. The van der Waals surface area contributed by atoms with Crippen LogP contribution in [0.2, 0.25) is 0 Å². The second-order valence-electron chi connectivity index (χ2n) is 8.07. The normalized spacial score (nSPS) is 16.3. The summed E-state index contributed by atoms with van der Waals surface area (Å²) in [6.45, 7) is 2.57. The molecule has 8 heteroatoms. The van der Waals surface area contributed by atoms with Crippen LogP contribution in [0.1, 0.15) is 40.6 Å². The number of imidazole rings is 1. The van der Waals surface area contributed by atoms with E-state index in [1.165, 1.54) is 22.4 Å². The van der Waals surface area contributed by atoms with Crippen molar-refractivity contribution in [2.24, 2.45) is 0 Å². The summed E-state index contributed by atoms with van der Waals surface area (Å²) >= 11 is 1.80. The van der Waals surface area contributed by atoms with Gasteiger partial charge in [-0.25, -0.2) is 9.97 Å². The molecule has 3 aromatic heterocycles. The first-order valence-corrected chi connectivity index (χ1v) is 11.5. The molecule has 0 saturated carbocycles. The molecule has 4 aromatic rings. The van der Waals surface area contributed by atoms with Crippen molar-refractivity contribution in [3.8, 4) is 17.4 Å².